The lowest BCUT2D eigenvalue weighted by Crippen LogP contribution is -2.12. The molecule has 19 heavy (non-hydrogen) atoms. The molecule has 0 spiro atoms. The second-order valence-corrected chi connectivity index (χ2v) is 4.40. The first-order chi connectivity index (χ1) is 9.20. The predicted octanol–water partition coefficient (Wildman–Crippen LogP) is 3.39. The lowest BCUT2D eigenvalue weighted by atomic mass is 10.1. The molecule has 0 saturated carbocycles. The van der Waals surface area contributed by atoms with Gasteiger partial charge in [0, 0.05) is 18.4 Å². The van der Waals surface area contributed by atoms with Gasteiger partial charge in [0.25, 0.3) is 5.91 Å². The number of carbonyl (C=O) groups is 1. The Morgan fingerprint density at radius 1 is 1.11 bits per heavy atom. The number of nitrogens with one attached hydrogen (secondary N) is 1. The molecule has 0 saturated heterocycles. The van der Waals surface area contributed by atoms with Crippen molar-refractivity contribution >= 4 is 11.6 Å². The minimum absolute atomic E-state index is 0.0988. The van der Waals surface area contributed by atoms with Crippen LogP contribution in [-0.4, -0.2) is 13.0 Å². The Labute approximate surface area is 113 Å². The minimum atomic E-state index is -0.0988. The maximum Gasteiger partial charge on any atom is 0.255 e. The van der Waals surface area contributed by atoms with E-state index in [2.05, 4.69) is 5.32 Å². The van der Waals surface area contributed by atoms with Gasteiger partial charge in [-0.2, -0.15) is 0 Å². The smallest absolute Gasteiger partial charge is 0.255 e. The molecule has 98 valence electrons. The van der Waals surface area contributed by atoms with Crippen molar-refractivity contribution in [3.63, 3.8) is 0 Å². The molecule has 0 aliphatic rings. The molecular weight excluding hydrogens is 238 g/mol. The van der Waals surface area contributed by atoms with E-state index in [0.717, 1.165) is 16.8 Å². The first-order valence-corrected chi connectivity index (χ1v) is 6.15. The minimum Gasteiger partial charge on any atom is -0.380 e. The number of rotatable bonds is 4. The van der Waals surface area contributed by atoms with Crippen LogP contribution in [0.3, 0.4) is 0 Å². The van der Waals surface area contributed by atoms with E-state index in [4.69, 9.17) is 4.74 Å². The fraction of sp³-hybridized carbons (Fsp3) is 0.188. The fourth-order valence-electron chi connectivity index (χ4n) is 1.83. The van der Waals surface area contributed by atoms with E-state index in [-0.39, 0.29) is 5.91 Å². The summed E-state index contributed by atoms with van der Waals surface area (Å²) in [5.41, 5.74) is 3.58. The van der Waals surface area contributed by atoms with Gasteiger partial charge in [0.05, 0.1) is 6.61 Å². The summed E-state index contributed by atoms with van der Waals surface area (Å²) in [4.78, 5) is 12.1. The van der Waals surface area contributed by atoms with Crippen LogP contribution in [0.25, 0.3) is 0 Å². The molecule has 0 unspecified atom stereocenters. The molecule has 1 amide bonds. The van der Waals surface area contributed by atoms with Crippen LogP contribution in [0.2, 0.25) is 0 Å². The molecular formula is C16H17NO2. The zero-order valence-electron chi connectivity index (χ0n) is 11.1. The third kappa shape index (κ3) is 3.42. The van der Waals surface area contributed by atoms with E-state index < -0.39 is 0 Å². The summed E-state index contributed by atoms with van der Waals surface area (Å²) in [5, 5.41) is 2.91. The van der Waals surface area contributed by atoms with Crippen molar-refractivity contribution in [2.45, 2.75) is 13.5 Å². The largest absolute Gasteiger partial charge is 0.380 e. The number of para-hydroxylation sites is 1. The molecule has 2 aromatic carbocycles. The van der Waals surface area contributed by atoms with Gasteiger partial charge in [0.1, 0.15) is 0 Å². The van der Waals surface area contributed by atoms with Crippen LogP contribution in [0, 0.1) is 6.92 Å². The topological polar surface area (TPSA) is 38.3 Å². The summed E-state index contributed by atoms with van der Waals surface area (Å²) in [6.45, 7) is 2.52. The van der Waals surface area contributed by atoms with Crippen molar-refractivity contribution in [1.82, 2.24) is 0 Å². The number of aryl methyl sites for hydroxylation is 1. The van der Waals surface area contributed by atoms with E-state index in [1.54, 1.807) is 7.11 Å². The van der Waals surface area contributed by atoms with Gasteiger partial charge in [-0.15, -0.1) is 0 Å². The second-order valence-electron chi connectivity index (χ2n) is 4.40. The molecule has 0 bridgehead atoms. The lowest BCUT2D eigenvalue weighted by molar-refractivity contribution is 0.102. The Morgan fingerprint density at radius 3 is 2.42 bits per heavy atom. The maximum atomic E-state index is 12.1. The third-order valence-electron chi connectivity index (χ3n) is 2.92. The summed E-state index contributed by atoms with van der Waals surface area (Å²) in [6, 6.07) is 15.1. The maximum absolute atomic E-state index is 12.1. The van der Waals surface area contributed by atoms with Gasteiger partial charge >= 0.3 is 0 Å². The number of amides is 1. The van der Waals surface area contributed by atoms with Crippen LogP contribution in [0.1, 0.15) is 21.5 Å². The van der Waals surface area contributed by atoms with Crippen molar-refractivity contribution in [2.75, 3.05) is 12.4 Å². The standard InChI is InChI=1S/C16H17NO2/c1-12-5-3-4-6-15(12)17-16(18)14-9-7-13(8-10-14)11-19-2/h3-10H,11H2,1-2H3,(H,17,18). The van der Waals surface area contributed by atoms with E-state index in [9.17, 15) is 4.79 Å². The SMILES string of the molecule is COCc1ccc(C(=O)Nc2ccccc2C)cc1. The molecule has 3 nitrogen and oxygen atoms in total. The van der Waals surface area contributed by atoms with Gasteiger partial charge < -0.3 is 10.1 Å². The van der Waals surface area contributed by atoms with Crippen LogP contribution in [0.5, 0.6) is 0 Å². The molecule has 2 aromatic rings. The van der Waals surface area contributed by atoms with Gasteiger partial charge in [0.2, 0.25) is 0 Å². The molecule has 0 aliphatic carbocycles. The Balaban J connectivity index is 2.10. The van der Waals surface area contributed by atoms with Crippen molar-refractivity contribution < 1.29 is 9.53 Å². The second kappa shape index (κ2) is 6.16. The van der Waals surface area contributed by atoms with Gasteiger partial charge in [-0.1, -0.05) is 30.3 Å². The number of benzene rings is 2. The molecule has 0 aromatic heterocycles. The number of hydrogen-bond donors (Lipinski definition) is 1. The third-order valence-corrected chi connectivity index (χ3v) is 2.92. The Morgan fingerprint density at radius 2 is 1.79 bits per heavy atom. The van der Waals surface area contributed by atoms with Gasteiger partial charge in [-0.05, 0) is 36.2 Å². The summed E-state index contributed by atoms with van der Waals surface area (Å²) >= 11 is 0. The number of ether oxygens (including phenoxy) is 1. The Kier molecular flexibility index (Phi) is 4.31. The average molecular weight is 255 g/mol. The first-order valence-electron chi connectivity index (χ1n) is 6.15. The van der Waals surface area contributed by atoms with Crippen molar-refractivity contribution in [2.24, 2.45) is 0 Å². The highest BCUT2D eigenvalue weighted by Gasteiger charge is 2.07. The number of hydrogen-bond acceptors (Lipinski definition) is 2. The van der Waals surface area contributed by atoms with Crippen LogP contribution in [-0.2, 0) is 11.3 Å². The molecule has 2 rings (SSSR count). The summed E-state index contributed by atoms with van der Waals surface area (Å²) in [5.74, 6) is -0.0988. The first kappa shape index (κ1) is 13.3. The summed E-state index contributed by atoms with van der Waals surface area (Å²) < 4.78 is 5.04. The number of anilines is 1. The van der Waals surface area contributed by atoms with E-state index in [1.165, 1.54) is 0 Å². The van der Waals surface area contributed by atoms with Crippen molar-refractivity contribution in [1.29, 1.82) is 0 Å². The zero-order valence-corrected chi connectivity index (χ0v) is 11.1. The number of methoxy groups -OCH3 is 1. The summed E-state index contributed by atoms with van der Waals surface area (Å²) in [6.07, 6.45) is 0. The molecule has 0 radical (unpaired) electrons. The molecule has 0 fully saturated rings. The summed E-state index contributed by atoms with van der Waals surface area (Å²) in [7, 11) is 1.65. The van der Waals surface area contributed by atoms with E-state index in [0.29, 0.717) is 12.2 Å². The average Bonchev–Trinajstić information content (AvgIpc) is 2.42. The van der Waals surface area contributed by atoms with Gasteiger partial charge in [-0.3, -0.25) is 4.79 Å². The Hall–Kier alpha value is -2.13. The van der Waals surface area contributed by atoms with Crippen LogP contribution in [0.15, 0.2) is 48.5 Å². The number of carbonyl (C=O) groups excluding carboxylic acids is 1. The van der Waals surface area contributed by atoms with Crippen molar-refractivity contribution in [3.8, 4) is 0 Å². The highest BCUT2D eigenvalue weighted by Crippen LogP contribution is 2.15. The van der Waals surface area contributed by atoms with E-state index in [1.807, 2.05) is 55.5 Å². The Bertz CT molecular complexity index is 561. The molecule has 0 aliphatic heterocycles. The van der Waals surface area contributed by atoms with Crippen molar-refractivity contribution in [3.05, 3.63) is 65.2 Å². The highest BCUT2D eigenvalue weighted by molar-refractivity contribution is 6.04. The predicted molar refractivity (Wildman–Crippen MR) is 76.3 cm³/mol. The normalized spacial score (nSPS) is 10.2. The fourth-order valence-corrected chi connectivity index (χ4v) is 1.83. The molecule has 0 heterocycles. The monoisotopic (exact) mass is 255 g/mol. The van der Waals surface area contributed by atoms with Gasteiger partial charge in [-0.25, -0.2) is 0 Å². The zero-order chi connectivity index (χ0) is 13.7. The molecule has 0 atom stereocenters. The lowest BCUT2D eigenvalue weighted by Gasteiger charge is -2.08. The van der Waals surface area contributed by atoms with Gasteiger partial charge in [0.15, 0.2) is 0 Å². The molecule has 1 N–H and O–H groups in total. The van der Waals surface area contributed by atoms with Crippen LogP contribution >= 0.6 is 0 Å². The quantitative estimate of drug-likeness (QED) is 0.909. The van der Waals surface area contributed by atoms with Crippen LogP contribution in [0.4, 0.5) is 5.69 Å². The highest BCUT2D eigenvalue weighted by atomic mass is 16.5. The van der Waals surface area contributed by atoms with E-state index >= 15 is 0 Å². The molecule has 3 heteroatoms. The van der Waals surface area contributed by atoms with Crippen LogP contribution < -0.4 is 5.32 Å².